The molecule has 3 aliphatic carbocycles. The Morgan fingerprint density at radius 2 is 0.929 bits per heavy atom. The Bertz CT molecular complexity index is 4130. The van der Waals surface area contributed by atoms with Gasteiger partial charge in [0.15, 0.2) is 0 Å². The molecule has 3 heteroatoms. The second-order valence-electron chi connectivity index (χ2n) is 22.3. The number of aryl methyl sites for hydroxylation is 4. The predicted octanol–water partition coefficient (Wildman–Crippen LogP) is 18.8. The second kappa shape index (κ2) is 13.8. The maximum absolute atomic E-state index is 7.00. The number of nitrogens with zero attached hydrogens (tertiary/aromatic N) is 1. The van der Waals surface area contributed by atoms with Crippen LogP contribution >= 0.6 is 0 Å². The van der Waals surface area contributed by atoms with Gasteiger partial charge in [-0.1, -0.05) is 161 Å². The minimum atomic E-state index is -0.321. The largest absolute Gasteiger partial charge is 0.455 e. The van der Waals surface area contributed by atoms with Crippen LogP contribution in [0.3, 0.4) is 0 Å². The van der Waals surface area contributed by atoms with Crippen LogP contribution in [0.15, 0.2) is 160 Å². The molecule has 0 spiro atoms. The van der Waals surface area contributed by atoms with E-state index in [0.717, 1.165) is 44.7 Å². The maximum Gasteiger partial charge on any atom is 0.144 e. The van der Waals surface area contributed by atoms with Crippen LogP contribution < -0.4 is 4.90 Å². The molecular formula is C67H55NO2. The topological polar surface area (TPSA) is 29.5 Å². The fourth-order valence-electron chi connectivity index (χ4n) is 13.7. The van der Waals surface area contributed by atoms with Gasteiger partial charge < -0.3 is 13.7 Å². The molecule has 14 rings (SSSR count). The highest BCUT2D eigenvalue weighted by Crippen LogP contribution is 2.64. The molecule has 0 radical (unpaired) electrons. The summed E-state index contributed by atoms with van der Waals surface area (Å²) >= 11 is 0. The molecule has 3 nitrogen and oxygen atoms in total. The SMILES string of the molecule is Cc1cc(C)cc(-c2cc3c(c4c2oc2ccccc24)-c2ccc(N(c4ccc5c(c4)C(C)(C)c4c6c(c7oc8ccccc8c7c4-5)-c4ccccc4C6(C)C)c4ccc(C)cc4C)cc2C3(C)C)c1. The van der Waals surface area contributed by atoms with Gasteiger partial charge in [-0.3, -0.25) is 0 Å². The molecule has 0 unspecified atom stereocenters. The lowest BCUT2D eigenvalue weighted by Crippen LogP contribution is -2.24. The molecular weight excluding hydrogens is 851 g/mol. The number of para-hydroxylation sites is 2. The monoisotopic (exact) mass is 905 g/mol. The zero-order chi connectivity index (χ0) is 47.9. The van der Waals surface area contributed by atoms with Crippen molar-refractivity contribution in [2.75, 3.05) is 4.90 Å². The van der Waals surface area contributed by atoms with E-state index < -0.39 is 0 Å². The van der Waals surface area contributed by atoms with Gasteiger partial charge in [0.25, 0.3) is 0 Å². The lowest BCUT2D eigenvalue weighted by molar-refractivity contribution is 0.600. The fourth-order valence-corrected chi connectivity index (χ4v) is 13.7. The van der Waals surface area contributed by atoms with Gasteiger partial charge in [0.1, 0.15) is 22.3 Å². The fraction of sp³-hybridized carbons (Fsp3) is 0.194. The minimum Gasteiger partial charge on any atom is -0.455 e. The number of furan rings is 2. The predicted molar refractivity (Wildman–Crippen MR) is 293 cm³/mol. The first kappa shape index (κ1) is 41.4. The van der Waals surface area contributed by atoms with Crippen LogP contribution in [0.1, 0.15) is 97.2 Å². The van der Waals surface area contributed by atoms with Gasteiger partial charge in [-0.2, -0.15) is 0 Å². The quantitative estimate of drug-likeness (QED) is 0.176. The summed E-state index contributed by atoms with van der Waals surface area (Å²) < 4.78 is 13.9. The summed E-state index contributed by atoms with van der Waals surface area (Å²) in [6.07, 6.45) is 0. The Kier molecular flexibility index (Phi) is 8.15. The van der Waals surface area contributed by atoms with Gasteiger partial charge in [-0.15, -0.1) is 0 Å². The molecule has 9 aromatic carbocycles. The van der Waals surface area contributed by atoms with Gasteiger partial charge in [0.2, 0.25) is 0 Å². The third-order valence-electron chi connectivity index (χ3n) is 16.8. The molecule has 2 heterocycles. The van der Waals surface area contributed by atoms with E-state index in [4.69, 9.17) is 8.83 Å². The van der Waals surface area contributed by atoms with Crippen molar-refractivity contribution < 1.29 is 8.83 Å². The molecule has 340 valence electrons. The molecule has 70 heavy (non-hydrogen) atoms. The van der Waals surface area contributed by atoms with E-state index in [9.17, 15) is 0 Å². The summed E-state index contributed by atoms with van der Waals surface area (Å²) in [4.78, 5) is 2.52. The lowest BCUT2D eigenvalue weighted by atomic mass is 9.72. The first-order valence-electron chi connectivity index (χ1n) is 25.0. The normalized spacial score (nSPS) is 15.3. The minimum absolute atomic E-state index is 0.223. The Labute approximate surface area is 410 Å². The lowest BCUT2D eigenvalue weighted by Gasteiger charge is -2.32. The van der Waals surface area contributed by atoms with Crippen molar-refractivity contribution in [2.45, 2.75) is 85.5 Å². The Balaban J connectivity index is 0.994. The summed E-state index contributed by atoms with van der Waals surface area (Å²) in [6.45, 7) is 23.4. The molecule has 0 amide bonds. The summed E-state index contributed by atoms with van der Waals surface area (Å²) in [5.41, 5.74) is 29.6. The molecule has 0 saturated heterocycles. The van der Waals surface area contributed by atoms with E-state index in [2.05, 4.69) is 226 Å². The van der Waals surface area contributed by atoms with Crippen molar-refractivity contribution in [1.82, 2.24) is 0 Å². The van der Waals surface area contributed by atoms with E-state index in [-0.39, 0.29) is 16.2 Å². The third-order valence-corrected chi connectivity index (χ3v) is 16.8. The van der Waals surface area contributed by atoms with Gasteiger partial charge in [-0.05, 0) is 149 Å². The molecule has 3 aliphatic rings. The van der Waals surface area contributed by atoms with Crippen molar-refractivity contribution in [1.29, 1.82) is 0 Å². The van der Waals surface area contributed by atoms with E-state index in [1.165, 1.54) is 116 Å². The number of rotatable bonds is 4. The first-order chi connectivity index (χ1) is 33.6. The van der Waals surface area contributed by atoms with Crippen molar-refractivity contribution in [3.05, 3.63) is 207 Å². The highest BCUT2D eigenvalue weighted by Gasteiger charge is 2.49. The molecule has 0 N–H and O–H groups in total. The third kappa shape index (κ3) is 5.30. The summed E-state index contributed by atoms with van der Waals surface area (Å²) in [5.74, 6) is 0. The van der Waals surface area contributed by atoms with Crippen molar-refractivity contribution >= 4 is 60.9 Å². The van der Waals surface area contributed by atoms with Gasteiger partial charge >= 0.3 is 0 Å². The molecule has 0 bridgehead atoms. The standard InChI is InChI=1S/C67H55NO2/c1-36-23-28-53(39(4)30-36)68(41-24-26-44-50(33-41)65(5,6)52-35-48(40-31-37(2)29-38(3)32-40)63-58(56(44)52)46-18-12-15-21-54(46)69-63)42-25-27-45-51(34-42)67(9,10)61-57(45)59-47-19-13-16-22-55(47)70-64(59)60-43-17-11-14-20-49(43)66(7,8)62(60)61/h11-35H,1-10H3. The van der Waals surface area contributed by atoms with Crippen molar-refractivity contribution in [3.63, 3.8) is 0 Å². The number of hydrogen-bond donors (Lipinski definition) is 0. The average molecular weight is 906 g/mol. The number of fused-ring (bicyclic) bond motifs is 19. The van der Waals surface area contributed by atoms with Crippen molar-refractivity contribution in [2.24, 2.45) is 0 Å². The first-order valence-corrected chi connectivity index (χ1v) is 25.0. The van der Waals surface area contributed by atoms with Crippen LogP contribution in [0.4, 0.5) is 17.1 Å². The molecule has 0 atom stereocenters. The molecule has 0 aliphatic heterocycles. The van der Waals surface area contributed by atoms with Crippen LogP contribution in [0.5, 0.6) is 0 Å². The van der Waals surface area contributed by atoms with Crippen molar-refractivity contribution in [3.8, 4) is 44.5 Å². The van der Waals surface area contributed by atoms with Gasteiger partial charge in [0, 0.05) is 66.0 Å². The smallest absolute Gasteiger partial charge is 0.144 e. The number of benzene rings is 9. The Morgan fingerprint density at radius 3 is 1.60 bits per heavy atom. The van der Waals surface area contributed by atoms with Gasteiger partial charge in [-0.25, -0.2) is 0 Å². The zero-order valence-corrected chi connectivity index (χ0v) is 41.7. The average Bonchev–Trinajstić information content (AvgIpc) is 4.08. The van der Waals surface area contributed by atoms with E-state index in [1.54, 1.807) is 0 Å². The zero-order valence-electron chi connectivity index (χ0n) is 41.7. The van der Waals surface area contributed by atoms with Crippen LogP contribution in [0, 0.1) is 27.7 Å². The molecule has 11 aromatic rings. The second-order valence-corrected chi connectivity index (χ2v) is 22.3. The highest BCUT2D eigenvalue weighted by molar-refractivity contribution is 6.21. The van der Waals surface area contributed by atoms with E-state index >= 15 is 0 Å². The van der Waals surface area contributed by atoms with Crippen LogP contribution in [0.25, 0.3) is 88.4 Å². The Hall–Kier alpha value is -7.62. The van der Waals surface area contributed by atoms with Crippen LogP contribution in [-0.4, -0.2) is 0 Å². The summed E-state index contributed by atoms with van der Waals surface area (Å²) in [7, 11) is 0. The molecule has 0 fully saturated rings. The number of hydrogen-bond acceptors (Lipinski definition) is 3. The molecule has 2 aromatic heterocycles. The van der Waals surface area contributed by atoms with E-state index in [1.807, 2.05) is 0 Å². The number of anilines is 3. The van der Waals surface area contributed by atoms with Crippen LogP contribution in [0.2, 0.25) is 0 Å². The Morgan fingerprint density at radius 1 is 0.386 bits per heavy atom. The summed E-state index contributed by atoms with van der Waals surface area (Å²) in [5, 5.41) is 4.76. The summed E-state index contributed by atoms with van der Waals surface area (Å²) in [6, 6.07) is 56.9. The molecule has 0 saturated carbocycles. The van der Waals surface area contributed by atoms with E-state index in [0.29, 0.717) is 0 Å². The van der Waals surface area contributed by atoms with Gasteiger partial charge in [0.05, 0.1) is 0 Å². The van der Waals surface area contributed by atoms with Crippen LogP contribution in [-0.2, 0) is 16.2 Å². The highest BCUT2D eigenvalue weighted by atomic mass is 16.3. The maximum atomic E-state index is 7.00.